The molecule has 0 saturated carbocycles. The average Bonchev–Trinajstić information content (AvgIpc) is 2.02. The summed E-state index contributed by atoms with van der Waals surface area (Å²) in [7, 11) is 0. The first-order chi connectivity index (χ1) is 6.77. The number of ether oxygens (including phenoxy) is 1. The second-order valence-corrected chi connectivity index (χ2v) is 2.68. The standard InChI is InChI=1S/C5H8O2.C4H8.C2H4O2/c1-3-5(6)7-4-2;1-4(2)3;1-2(3)4/h3H,1,4H2,2H3;1H2,2-3H3;1H3,(H,3,4). The molecule has 0 radical (unpaired) electrons. The number of hydrogen-bond donors (Lipinski definition) is 1. The topological polar surface area (TPSA) is 63.6 Å². The fourth-order valence-electron chi connectivity index (χ4n) is 0.201. The molecular formula is C11H20O4. The van der Waals surface area contributed by atoms with Crippen LogP contribution in [0.4, 0.5) is 0 Å². The van der Waals surface area contributed by atoms with Crippen molar-refractivity contribution in [2.75, 3.05) is 6.61 Å². The van der Waals surface area contributed by atoms with Gasteiger partial charge in [0.25, 0.3) is 5.97 Å². The van der Waals surface area contributed by atoms with Crippen LogP contribution in [0.2, 0.25) is 0 Å². The molecule has 4 heteroatoms. The number of carbonyl (C=O) groups excluding carboxylic acids is 1. The molecule has 88 valence electrons. The van der Waals surface area contributed by atoms with E-state index in [-0.39, 0.29) is 5.97 Å². The number of carboxylic acids is 1. The highest BCUT2D eigenvalue weighted by Crippen LogP contribution is 1.74. The van der Waals surface area contributed by atoms with E-state index in [1.807, 2.05) is 13.8 Å². The van der Waals surface area contributed by atoms with Crippen molar-refractivity contribution >= 4 is 11.9 Å². The van der Waals surface area contributed by atoms with Gasteiger partial charge in [-0.1, -0.05) is 12.2 Å². The number of hydrogen-bond acceptors (Lipinski definition) is 3. The molecule has 0 atom stereocenters. The van der Waals surface area contributed by atoms with Gasteiger partial charge in [-0.3, -0.25) is 4.79 Å². The number of carboxylic acid groups (broad SMARTS) is 1. The molecule has 0 spiro atoms. The van der Waals surface area contributed by atoms with E-state index in [2.05, 4.69) is 17.9 Å². The van der Waals surface area contributed by atoms with Gasteiger partial charge in [0.15, 0.2) is 0 Å². The molecule has 0 rings (SSSR count). The number of allylic oxidation sites excluding steroid dienone is 1. The van der Waals surface area contributed by atoms with Gasteiger partial charge < -0.3 is 9.84 Å². The van der Waals surface area contributed by atoms with Crippen LogP contribution in [0, 0.1) is 0 Å². The first kappa shape index (κ1) is 19.1. The van der Waals surface area contributed by atoms with Crippen LogP contribution >= 0.6 is 0 Å². The summed E-state index contributed by atoms with van der Waals surface area (Å²) in [6.45, 7) is 14.0. The van der Waals surface area contributed by atoms with E-state index >= 15 is 0 Å². The summed E-state index contributed by atoms with van der Waals surface area (Å²) in [6.07, 6.45) is 1.14. The van der Waals surface area contributed by atoms with Gasteiger partial charge in [-0.15, -0.1) is 6.58 Å². The third-order valence-corrected chi connectivity index (χ3v) is 0.453. The zero-order valence-corrected chi connectivity index (χ0v) is 9.87. The fraction of sp³-hybridized carbons (Fsp3) is 0.455. The van der Waals surface area contributed by atoms with Gasteiger partial charge in [0.2, 0.25) is 0 Å². The summed E-state index contributed by atoms with van der Waals surface area (Å²) in [5.41, 5.74) is 1.17. The van der Waals surface area contributed by atoms with Crippen molar-refractivity contribution in [3.8, 4) is 0 Å². The Hall–Kier alpha value is -1.58. The largest absolute Gasteiger partial charge is 0.481 e. The number of carbonyl (C=O) groups is 2. The van der Waals surface area contributed by atoms with Crippen molar-refractivity contribution < 1.29 is 19.4 Å². The molecular weight excluding hydrogens is 196 g/mol. The molecule has 1 N–H and O–H groups in total. The van der Waals surface area contributed by atoms with Crippen molar-refractivity contribution in [3.05, 3.63) is 24.8 Å². The maximum Gasteiger partial charge on any atom is 0.330 e. The minimum atomic E-state index is -0.833. The Balaban J connectivity index is -0.000000155. The SMILES string of the molecule is C=C(C)C.C=CC(=O)OCC.CC(=O)O. The lowest BCUT2D eigenvalue weighted by Crippen LogP contribution is -1.97. The molecule has 0 amide bonds. The lowest BCUT2D eigenvalue weighted by atomic mass is 10.4. The monoisotopic (exact) mass is 216 g/mol. The van der Waals surface area contributed by atoms with E-state index in [0.717, 1.165) is 13.0 Å². The van der Waals surface area contributed by atoms with E-state index < -0.39 is 5.97 Å². The summed E-state index contributed by atoms with van der Waals surface area (Å²) >= 11 is 0. The van der Waals surface area contributed by atoms with Gasteiger partial charge in [-0.25, -0.2) is 4.79 Å². The van der Waals surface area contributed by atoms with Gasteiger partial charge in [0, 0.05) is 13.0 Å². The highest BCUT2D eigenvalue weighted by molar-refractivity contribution is 5.81. The van der Waals surface area contributed by atoms with E-state index in [0.29, 0.717) is 6.61 Å². The van der Waals surface area contributed by atoms with Gasteiger partial charge in [-0.2, -0.15) is 0 Å². The minimum absolute atomic E-state index is 0.359. The van der Waals surface area contributed by atoms with E-state index in [9.17, 15) is 4.79 Å². The molecule has 0 saturated heterocycles. The minimum Gasteiger partial charge on any atom is -0.481 e. The zero-order chi connectivity index (χ0) is 12.9. The van der Waals surface area contributed by atoms with Crippen LogP contribution in [0.1, 0.15) is 27.7 Å². The van der Waals surface area contributed by atoms with Crippen LogP contribution in [0.5, 0.6) is 0 Å². The molecule has 0 aromatic rings. The summed E-state index contributed by atoms with van der Waals surface area (Å²) in [5.74, 6) is -1.19. The van der Waals surface area contributed by atoms with Crippen LogP contribution in [-0.4, -0.2) is 23.7 Å². The number of esters is 1. The lowest BCUT2D eigenvalue weighted by molar-refractivity contribution is -0.137. The molecule has 0 heterocycles. The Morgan fingerprint density at radius 3 is 1.67 bits per heavy atom. The smallest absolute Gasteiger partial charge is 0.330 e. The van der Waals surface area contributed by atoms with Crippen LogP contribution in [0.25, 0.3) is 0 Å². The molecule has 0 aliphatic rings. The van der Waals surface area contributed by atoms with Gasteiger partial charge in [0.1, 0.15) is 0 Å². The molecule has 4 nitrogen and oxygen atoms in total. The molecule has 0 bridgehead atoms. The predicted molar refractivity (Wildman–Crippen MR) is 60.6 cm³/mol. The maximum absolute atomic E-state index is 10.1. The molecule has 0 aliphatic heterocycles. The van der Waals surface area contributed by atoms with Crippen molar-refractivity contribution in [2.24, 2.45) is 0 Å². The van der Waals surface area contributed by atoms with Crippen molar-refractivity contribution in [2.45, 2.75) is 27.7 Å². The van der Waals surface area contributed by atoms with Crippen LogP contribution in [0.15, 0.2) is 24.8 Å². The zero-order valence-electron chi connectivity index (χ0n) is 9.87. The number of rotatable bonds is 2. The van der Waals surface area contributed by atoms with Crippen molar-refractivity contribution in [3.63, 3.8) is 0 Å². The van der Waals surface area contributed by atoms with Crippen molar-refractivity contribution in [1.82, 2.24) is 0 Å². The molecule has 0 aliphatic carbocycles. The Kier molecular flexibility index (Phi) is 19.0. The Morgan fingerprint density at radius 2 is 1.60 bits per heavy atom. The number of aliphatic carboxylic acids is 1. The molecule has 0 fully saturated rings. The normalized spacial score (nSPS) is 6.93. The maximum atomic E-state index is 10.1. The quantitative estimate of drug-likeness (QED) is 0.437. The average molecular weight is 216 g/mol. The van der Waals surface area contributed by atoms with Crippen LogP contribution < -0.4 is 0 Å². The second-order valence-electron chi connectivity index (χ2n) is 2.68. The van der Waals surface area contributed by atoms with E-state index in [1.165, 1.54) is 5.57 Å². The van der Waals surface area contributed by atoms with E-state index in [4.69, 9.17) is 9.90 Å². The summed E-state index contributed by atoms with van der Waals surface area (Å²) < 4.78 is 4.43. The summed E-state index contributed by atoms with van der Waals surface area (Å²) in [5, 5.41) is 7.42. The first-order valence-corrected chi connectivity index (χ1v) is 4.38. The third-order valence-electron chi connectivity index (χ3n) is 0.453. The van der Waals surface area contributed by atoms with Gasteiger partial charge in [0.05, 0.1) is 6.61 Å². The van der Waals surface area contributed by atoms with Crippen molar-refractivity contribution in [1.29, 1.82) is 0 Å². The fourth-order valence-corrected chi connectivity index (χ4v) is 0.201. The highest BCUT2D eigenvalue weighted by atomic mass is 16.5. The Labute approximate surface area is 91.3 Å². The highest BCUT2D eigenvalue weighted by Gasteiger charge is 1.86. The summed E-state index contributed by atoms with van der Waals surface area (Å²) in [4.78, 5) is 19.1. The predicted octanol–water partition coefficient (Wildman–Crippen LogP) is 2.41. The lowest BCUT2D eigenvalue weighted by Gasteiger charge is -1.90. The van der Waals surface area contributed by atoms with Gasteiger partial charge >= 0.3 is 5.97 Å². The van der Waals surface area contributed by atoms with Gasteiger partial charge in [-0.05, 0) is 20.8 Å². The molecule has 0 unspecified atom stereocenters. The van der Waals surface area contributed by atoms with Crippen LogP contribution in [0.3, 0.4) is 0 Å². The van der Waals surface area contributed by atoms with Crippen LogP contribution in [-0.2, 0) is 14.3 Å². The Bertz CT molecular complexity index is 187. The molecule has 15 heavy (non-hydrogen) atoms. The molecule has 0 aromatic heterocycles. The second kappa shape index (κ2) is 14.9. The molecule has 0 aromatic carbocycles. The summed E-state index contributed by atoms with van der Waals surface area (Å²) in [6, 6.07) is 0. The third kappa shape index (κ3) is 115. The first-order valence-electron chi connectivity index (χ1n) is 4.38. The Morgan fingerprint density at radius 1 is 1.33 bits per heavy atom. The van der Waals surface area contributed by atoms with E-state index in [1.54, 1.807) is 6.92 Å².